The number of carbonyl (C=O) groups excluding carboxylic acids is 1. The zero-order valence-corrected chi connectivity index (χ0v) is 13.9. The molecule has 2 unspecified atom stereocenters. The molecular formula is C17H22N4O3. The van der Waals surface area contributed by atoms with Crippen LogP contribution in [0.25, 0.3) is 11.3 Å². The minimum Gasteiger partial charge on any atom is -0.481 e. The van der Waals surface area contributed by atoms with Crippen molar-refractivity contribution in [2.24, 2.45) is 5.92 Å². The van der Waals surface area contributed by atoms with Crippen LogP contribution in [0.2, 0.25) is 0 Å². The maximum atomic E-state index is 12.7. The van der Waals surface area contributed by atoms with Crippen LogP contribution in [0.1, 0.15) is 43.0 Å². The second-order valence-corrected chi connectivity index (χ2v) is 6.20. The van der Waals surface area contributed by atoms with Crippen molar-refractivity contribution in [1.82, 2.24) is 15.5 Å². The molecule has 0 spiro atoms. The van der Waals surface area contributed by atoms with Crippen LogP contribution in [0.4, 0.5) is 5.88 Å². The summed E-state index contributed by atoms with van der Waals surface area (Å²) in [5, 5.41) is 7.01. The summed E-state index contributed by atoms with van der Waals surface area (Å²) in [4.78, 5) is 16.9. The molecule has 0 saturated heterocycles. The van der Waals surface area contributed by atoms with E-state index in [1.165, 1.54) is 6.42 Å². The van der Waals surface area contributed by atoms with E-state index < -0.39 is 0 Å². The SMILES string of the molecule is COc1ccc(-c2noc(N)c2C(=O)NC2CCCCC2C)cn1. The summed E-state index contributed by atoms with van der Waals surface area (Å²) >= 11 is 0. The van der Waals surface area contributed by atoms with Crippen LogP contribution in [0.5, 0.6) is 5.88 Å². The predicted octanol–water partition coefficient (Wildman–Crippen LogP) is 2.64. The quantitative estimate of drug-likeness (QED) is 0.893. The van der Waals surface area contributed by atoms with Gasteiger partial charge in [0.15, 0.2) is 0 Å². The van der Waals surface area contributed by atoms with Crippen LogP contribution in [-0.2, 0) is 0 Å². The van der Waals surface area contributed by atoms with Crippen LogP contribution < -0.4 is 15.8 Å². The fourth-order valence-electron chi connectivity index (χ4n) is 3.13. The summed E-state index contributed by atoms with van der Waals surface area (Å²) in [6.07, 6.45) is 6.03. The summed E-state index contributed by atoms with van der Waals surface area (Å²) in [5.41, 5.74) is 7.15. The van der Waals surface area contributed by atoms with Crippen LogP contribution >= 0.6 is 0 Å². The van der Waals surface area contributed by atoms with Gasteiger partial charge in [0.2, 0.25) is 11.8 Å². The highest BCUT2D eigenvalue weighted by Gasteiger charge is 2.28. The molecule has 1 saturated carbocycles. The lowest BCUT2D eigenvalue weighted by molar-refractivity contribution is 0.0911. The zero-order chi connectivity index (χ0) is 17.1. The maximum Gasteiger partial charge on any atom is 0.259 e. The number of carbonyl (C=O) groups is 1. The first-order chi connectivity index (χ1) is 11.6. The third kappa shape index (κ3) is 3.20. The van der Waals surface area contributed by atoms with Crippen LogP contribution in [-0.4, -0.2) is 29.2 Å². The number of nitrogens with one attached hydrogen (secondary N) is 1. The highest BCUT2D eigenvalue weighted by molar-refractivity contribution is 6.03. The molecule has 1 fully saturated rings. The Labute approximate surface area is 140 Å². The molecule has 128 valence electrons. The normalized spacial score (nSPS) is 20.6. The minimum absolute atomic E-state index is 0.0155. The second kappa shape index (κ2) is 6.90. The molecule has 2 heterocycles. The lowest BCUT2D eigenvalue weighted by Crippen LogP contribution is -2.41. The molecule has 0 bridgehead atoms. The third-order valence-electron chi connectivity index (χ3n) is 4.59. The van der Waals surface area contributed by atoms with Crippen molar-refractivity contribution in [3.63, 3.8) is 0 Å². The van der Waals surface area contributed by atoms with Gasteiger partial charge < -0.3 is 20.3 Å². The number of amides is 1. The summed E-state index contributed by atoms with van der Waals surface area (Å²) < 4.78 is 10.1. The van der Waals surface area contributed by atoms with E-state index in [4.69, 9.17) is 15.0 Å². The average molecular weight is 330 g/mol. The van der Waals surface area contributed by atoms with Gasteiger partial charge in [0.05, 0.1) is 7.11 Å². The first kappa shape index (κ1) is 16.3. The largest absolute Gasteiger partial charge is 0.481 e. The number of pyridine rings is 1. The molecule has 0 aromatic carbocycles. The number of nitrogens with zero attached hydrogens (tertiary/aromatic N) is 2. The lowest BCUT2D eigenvalue weighted by atomic mass is 9.86. The van der Waals surface area contributed by atoms with Gasteiger partial charge in [0.25, 0.3) is 5.91 Å². The summed E-state index contributed by atoms with van der Waals surface area (Å²) in [6.45, 7) is 2.16. The Morgan fingerprint density at radius 3 is 2.83 bits per heavy atom. The van der Waals surface area contributed by atoms with E-state index in [9.17, 15) is 4.79 Å². The molecule has 7 nitrogen and oxygen atoms in total. The lowest BCUT2D eigenvalue weighted by Gasteiger charge is -2.29. The first-order valence-corrected chi connectivity index (χ1v) is 8.16. The molecule has 1 aliphatic carbocycles. The Morgan fingerprint density at radius 2 is 2.17 bits per heavy atom. The van der Waals surface area contributed by atoms with Gasteiger partial charge in [-0.1, -0.05) is 24.9 Å². The highest BCUT2D eigenvalue weighted by Crippen LogP contribution is 2.29. The van der Waals surface area contributed by atoms with E-state index in [0.29, 0.717) is 23.1 Å². The monoisotopic (exact) mass is 330 g/mol. The van der Waals surface area contributed by atoms with Gasteiger partial charge in [0, 0.05) is 23.9 Å². The van der Waals surface area contributed by atoms with Gasteiger partial charge in [0.1, 0.15) is 11.3 Å². The number of aromatic nitrogens is 2. The van der Waals surface area contributed by atoms with Crippen molar-refractivity contribution < 1.29 is 14.1 Å². The Bertz CT molecular complexity index is 711. The zero-order valence-electron chi connectivity index (χ0n) is 13.9. The van der Waals surface area contributed by atoms with Gasteiger partial charge in [-0.2, -0.15) is 0 Å². The molecule has 0 radical (unpaired) electrons. The van der Waals surface area contributed by atoms with E-state index in [-0.39, 0.29) is 23.4 Å². The van der Waals surface area contributed by atoms with E-state index in [1.54, 1.807) is 25.4 Å². The van der Waals surface area contributed by atoms with Crippen molar-refractivity contribution in [1.29, 1.82) is 0 Å². The Hall–Kier alpha value is -2.57. The molecule has 0 aliphatic heterocycles. The van der Waals surface area contributed by atoms with E-state index in [2.05, 4.69) is 22.4 Å². The van der Waals surface area contributed by atoms with Crippen molar-refractivity contribution in [2.45, 2.75) is 38.6 Å². The van der Waals surface area contributed by atoms with E-state index in [1.807, 2.05) is 0 Å². The molecule has 2 aromatic heterocycles. The number of anilines is 1. The van der Waals surface area contributed by atoms with Gasteiger partial charge in [-0.25, -0.2) is 4.98 Å². The minimum atomic E-state index is -0.252. The molecule has 1 aliphatic rings. The number of hydrogen-bond acceptors (Lipinski definition) is 6. The van der Waals surface area contributed by atoms with Crippen molar-refractivity contribution in [2.75, 3.05) is 12.8 Å². The molecule has 2 aromatic rings. The predicted molar refractivity (Wildman–Crippen MR) is 89.6 cm³/mol. The molecule has 7 heteroatoms. The smallest absolute Gasteiger partial charge is 0.259 e. The van der Waals surface area contributed by atoms with Gasteiger partial charge in [-0.3, -0.25) is 4.79 Å². The number of methoxy groups -OCH3 is 1. The summed E-state index contributed by atoms with van der Waals surface area (Å²) in [7, 11) is 1.54. The van der Waals surface area contributed by atoms with Crippen molar-refractivity contribution in [3.8, 4) is 17.1 Å². The molecular weight excluding hydrogens is 308 g/mol. The standard InChI is InChI=1S/C17H22N4O3/c1-10-5-3-4-6-12(10)20-17(22)14-15(21-24-16(14)18)11-7-8-13(23-2)19-9-11/h7-10,12H,3-6,18H2,1-2H3,(H,20,22). The number of rotatable bonds is 4. The third-order valence-corrected chi connectivity index (χ3v) is 4.59. The Morgan fingerprint density at radius 1 is 1.38 bits per heavy atom. The fraction of sp³-hybridized carbons (Fsp3) is 0.471. The molecule has 1 amide bonds. The van der Waals surface area contributed by atoms with Gasteiger partial charge in [-0.15, -0.1) is 0 Å². The molecule has 3 rings (SSSR count). The maximum absolute atomic E-state index is 12.7. The van der Waals surface area contributed by atoms with Crippen LogP contribution in [0.15, 0.2) is 22.9 Å². The first-order valence-electron chi connectivity index (χ1n) is 8.16. The number of hydrogen-bond donors (Lipinski definition) is 2. The van der Waals surface area contributed by atoms with Gasteiger partial charge in [-0.05, 0) is 24.8 Å². The molecule has 2 atom stereocenters. The summed E-state index contributed by atoms with van der Waals surface area (Å²) in [5.74, 6) is 0.701. The van der Waals surface area contributed by atoms with Crippen LogP contribution in [0, 0.1) is 5.92 Å². The second-order valence-electron chi connectivity index (χ2n) is 6.20. The molecule has 24 heavy (non-hydrogen) atoms. The highest BCUT2D eigenvalue weighted by atomic mass is 16.5. The fourth-order valence-corrected chi connectivity index (χ4v) is 3.13. The molecule has 3 N–H and O–H groups in total. The van der Waals surface area contributed by atoms with Gasteiger partial charge >= 0.3 is 0 Å². The Balaban J connectivity index is 1.84. The number of nitrogens with two attached hydrogens (primary N) is 1. The van der Waals surface area contributed by atoms with E-state index >= 15 is 0 Å². The Kier molecular flexibility index (Phi) is 4.69. The summed E-state index contributed by atoms with van der Waals surface area (Å²) in [6, 6.07) is 3.62. The van der Waals surface area contributed by atoms with Crippen molar-refractivity contribution >= 4 is 11.8 Å². The topological polar surface area (TPSA) is 103 Å². The van der Waals surface area contributed by atoms with Crippen LogP contribution in [0.3, 0.4) is 0 Å². The number of nitrogen functional groups attached to an aromatic ring is 1. The average Bonchev–Trinajstić information content (AvgIpc) is 2.98. The van der Waals surface area contributed by atoms with E-state index in [0.717, 1.165) is 19.3 Å². The van der Waals surface area contributed by atoms with Crippen molar-refractivity contribution in [3.05, 3.63) is 23.9 Å². The number of ether oxygens (including phenoxy) is 1.